The zero-order valence-electron chi connectivity index (χ0n) is 11.4. The van der Waals surface area contributed by atoms with E-state index in [1.165, 1.54) is 12.3 Å². The van der Waals surface area contributed by atoms with Crippen LogP contribution in [0.25, 0.3) is 0 Å². The van der Waals surface area contributed by atoms with Gasteiger partial charge in [0.2, 0.25) is 10.0 Å². The summed E-state index contributed by atoms with van der Waals surface area (Å²) in [7, 11) is -3.61. The monoisotopic (exact) mass is 336 g/mol. The summed E-state index contributed by atoms with van der Waals surface area (Å²) in [4.78, 5) is 3.84. The Balaban J connectivity index is 2.16. The Hall–Kier alpha value is -0.360. The predicted octanol–water partition coefficient (Wildman–Crippen LogP) is 3.49. The molecule has 3 atom stereocenters. The second-order valence-electron chi connectivity index (χ2n) is 5.57. The first kappa shape index (κ1) is 16.0. The highest BCUT2D eigenvalue weighted by Gasteiger charge is 2.29. The molecule has 112 valence electrons. The van der Waals surface area contributed by atoms with E-state index in [2.05, 4.69) is 23.6 Å². The molecule has 3 unspecified atom stereocenters. The number of sulfonamides is 1. The molecule has 1 aromatic heterocycles. The van der Waals surface area contributed by atoms with Crippen LogP contribution in [-0.2, 0) is 10.0 Å². The molecule has 1 N–H and O–H groups in total. The topological polar surface area (TPSA) is 59.1 Å². The van der Waals surface area contributed by atoms with E-state index in [-0.39, 0.29) is 21.1 Å². The Morgan fingerprint density at radius 2 is 2.00 bits per heavy atom. The van der Waals surface area contributed by atoms with Crippen molar-refractivity contribution in [3.05, 3.63) is 22.4 Å². The first-order chi connectivity index (χ1) is 9.29. The fourth-order valence-electron chi connectivity index (χ4n) is 2.66. The minimum absolute atomic E-state index is 0.0364. The maximum absolute atomic E-state index is 12.3. The average Bonchev–Trinajstić information content (AvgIpc) is 2.36. The van der Waals surface area contributed by atoms with Crippen LogP contribution < -0.4 is 4.72 Å². The van der Waals surface area contributed by atoms with Crippen LogP contribution in [0.1, 0.15) is 33.1 Å². The summed E-state index contributed by atoms with van der Waals surface area (Å²) in [6, 6.07) is 1.29. The molecule has 0 saturated heterocycles. The van der Waals surface area contributed by atoms with E-state index in [1.54, 1.807) is 0 Å². The molecule has 1 aliphatic carbocycles. The van der Waals surface area contributed by atoms with Gasteiger partial charge in [-0.1, -0.05) is 37.0 Å². The van der Waals surface area contributed by atoms with Crippen LogP contribution in [0.4, 0.5) is 0 Å². The lowest BCUT2D eigenvalue weighted by Crippen LogP contribution is -2.42. The van der Waals surface area contributed by atoms with Gasteiger partial charge in [-0.05, 0) is 37.2 Å². The van der Waals surface area contributed by atoms with Crippen molar-refractivity contribution in [3.63, 3.8) is 0 Å². The minimum atomic E-state index is -3.61. The SMILES string of the molecule is CC1CCC(NS(=O)(=O)c2cnc(Cl)c(Cl)c2)C(C)C1. The molecular formula is C13H18Cl2N2O2S. The molecule has 7 heteroatoms. The molecule has 0 spiro atoms. The van der Waals surface area contributed by atoms with E-state index in [0.29, 0.717) is 11.8 Å². The number of hydrogen-bond donors (Lipinski definition) is 1. The van der Waals surface area contributed by atoms with Crippen molar-refractivity contribution in [3.8, 4) is 0 Å². The number of nitrogens with zero attached hydrogens (tertiary/aromatic N) is 1. The molecule has 1 aliphatic rings. The molecule has 1 fully saturated rings. The molecule has 0 bridgehead atoms. The largest absolute Gasteiger partial charge is 0.242 e. The van der Waals surface area contributed by atoms with Crippen molar-refractivity contribution in [1.82, 2.24) is 9.71 Å². The molecule has 4 nitrogen and oxygen atoms in total. The van der Waals surface area contributed by atoms with Gasteiger partial charge in [-0.3, -0.25) is 0 Å². The maximum Gasteiger partial charge on any atom is 0.242 e. The molecular weight excluding hydrogens is 319 g/mol. The number of aromatic nitrogens is 1. The third kappa shape index (κ3) is 3.64. The highest BCUT2D eigenvalue weighted by atomic mass is 35.5. The maximum atomic E-state index is 12.3. The Morgan fingerprint density at radius 1 is 1.30 bits per heavy atom. The van der Waals surface area contributed by atoms with E-state index in [0.717, 1.165) is 19.3 Å². The van der Waals surface area contributed by atoms with Gasteiger partial charge in [0.15, 0.2) is 0 Å². The quantitative estimate of drug-likeness (QED) is 0.859. The summed E-state index contributed by atoms with van der Waals surface area (Å²) in [5.74, 6) is 0.974. The second-order valence-corrected chi connectivity index (χ2v) is 8.05. The van der Waals surface area contributed by atoms with Crippen molar-refractivity contribution >= 4 is 33.2 Å². The third-order valence-electron chi connectivity index (χ3n) is 3.82. The van der Waals surface area contributed by atoms with Crippen LogP contribution in [0.3, 0.4) is 0 Å². The van der Waals surface area contributed by atoms with Crippen molar-refractivity contribution in [2.75, 3.05) is 0 Å². The van der Waals surface area contributed by atoms with Crippen LogP contribution in [0.15, 0.2) is 17.2 Å². The van der Waals surface area contributed by atoms with Crippen LogP contribution in [0.5, 0.6) is 0 Å². The normalized spacial score (nSPS) is 27.5. The molecule has 0 aliphatic heterocycles. The summed E-state index contributed by atoms with van der Waals surface area (Å²) < 4.78 is 27.4. The van der Waals surface area contributed by atoms with Gasteiger partial charge in [0, 0.05) is 12.2 Å². The van der Waals surface area contributed by atoms with Crippen molar-refractivity contribution in [2.45, 2.75) is 44.0 Å². The first-order valence-corrected chi connectivity index (χ1v) is 8.87. The number of pyridine rings is 1. The molecule has 1 saturated carbocycles. The van der Waals surface area contributed by atoms with E-state index >= 15 is 0 Å². The Kier molecular flexibility index (Phi) is 4.95. The van der Waals surface area contributed by atoms with Crippen molar-refractivity contribution < 1.29 is 8.42 Å². The number of halogens is 2. The lowest BCUT2D eigenvalue weighted by molar-refractivity contribution is 0.249. The van der Waals surface area contributed by atoms with Crippen LogP contribution in [-0.4, -0.2) is 19.4 Å². The minimum Gasteiger partial charge on any atom is -0.242 e. The van der Waals surface area contributed by atoms with Gasteiger partial charge in [-0.15, -0.1) is 0 Å². The summed E-state index contributed by atoms with van der Waals surface area (Å²) in [6.45, 7) is 4.28. The summed E-state index contributed by atoms with van der Waals surface area (Å²) in [5.41, 5.74) is 0. The lowest BCUT2D eigenvalue weighted by Gasteiger charge is -2.32. The number of rotatable bonds is 3. The Morgan fingerprint density at radius 3 is 2.60 bits per heavy atom. The summed E-state index contributed by atoms with van der Waals surface area (Å²) in [6.07, 6.45) is 4.16. The second kappa shape index (κ2) is 6.18. The lowest BCUT2D eigenvalue weighted by atomic mass is 9.80. The number of hydrogen-bond acceptors (Lipinski definition) is 3. The molecule has 1 aromatic rings. The third-order valence-corrected chi connectivity index (χ3v) is 5.96. The van der Waals surface area contributed by atoms with Gasteiger partial charge >= 0.3 is 0 Å². The number of nitrogens with one attached hydrogen (secondary N) is 1. The highest BCUT2D eigenvalue weighted by molar-refractivity contribution is 7.89. The van der Waals surface area contributed by atoms with E-state index in [9.17, 15) is 8.42 Å². The standard InChI is InChI=1S/C13H18Cl2N2O2S/c1-8-3-4-12(9(2)5-8)17-20(18,19)10-6-11(14)13(15)16-7-10/h6-9,12,17H,3-5H2,1-2H3. The van der Waals surface area contributed by atoms with Gasteiger partial charge in [0.25, 0.3) is 0 Å². The summed E-state index contributed by atoms with van der Waals surface area (Å²) in [5, 5.41) is 0.241. The zero-order valence-corrected chi connectivity index (χ0v) is 13.8. The van der Waals surface area contributed by atoms with Gasteiger partial charge in [-0.25, -0.2) is 18.1 Å². The Bertz CT molecular complexity index is 592. The van der Waals surface area contributed by atoms with Gasteiger partial charge < -0.3 is 0 Å². The molecule has 0 aromatic carbocycles. The smallest absolute Gasteiger partial charge is 0.242 e. The Labute approximate surface area is 129 Å². The highest BCUT2D eigenvalue weighted by Crippen LogP contribution is 2.30. The molecule has 20 heavy (non-hydrogen) atoms. The predicted molar refractivity (Wildman–Crippen MR) is 80.5 cm³/mol. The van der Waals surface area contributed by atoms with Crippen LogP contribution >= 0.6 is 23.2 Å². The van der Waals surface area contributed by atoms with Crippen molar-refractivity contribution in [2.24, 2.45) is 11.8 Å². The fourth-order valence-corrected chi connectivity index (χ4v) is 4.34. The van der Waals surface area contributed by atoms with Crippen LogP contribution in [0, 0.1) is 11.8 Å². The first-order valence-electron chi connectivity index (χ1n) is 6.63. The molecule has 1 heterocycles. The van der Waals surface area contributed by atoms with Gasteiger partial charge in [-0.2, -0.15) is 0 Å². The molecule has 2 rings (SSSR count). The molecule has 0 radical (unpaired) electrons. The van der Waals surface area contributed by atoms with E-state index in [4.69, 9.17) is 23.2 Å². The fraction of sp³-hybridized carbons (Fsp3) is 0.615. The van der Waals surface area contributed by atoms with Gasteiger partial charge in [0.05, 0.1) is 5.02 Å². The molecule has 0 amide bonds. The van der Waals surface area contributed by atoms with Crippen molar-refractivity contribution in [1.29, 1.82) is 0 Å². The van der Waals surface area contributed by atoms with Crippen LogP contribution in [0.2, 0.25) is 10.2 Å². The van der Waals surface area contributed by atoms with E-state index in [1.807, 2.05) is 0 Å². The van der Waals surface area contributed by atoms with E-state index < -0.39 is 10.0 Å². The zero-order chi connectivity index (χ0) is 14.9. The summed E-state index contributed by atoms with van der Waals surface area (Å²) >= 11 is 11.5. The average molecular weight is 337 g/mol. The van der Waals surface area contributed by atoms with Gasteiger partial charge in [0.1, 0.15) is 10.0 Å².